The SMILES string of the molecule is CC(C)(C)OC(=O)N1CCCC[C@@H]1C(=O)O.CC(C)(C)OC(=O)N1CCCC[C@@H]1C(N)=O. The van der Waals surface area contributed by atoms with Crippen molar-refractivity contribution in [3.8, 4) is 0 Å². The first-order valence-corrected chi connectivity index (χ1v) is 11.1. The minimum atomic E-state index is -0.953. The van der Waals surface area contributed by atoms with Crippen molar-refractivity contribution in [2.24, 2.45) is 5.73 Å². The fourth-order valence-corrected chi connectivity index (χ4v) is 3.49. The van der Waals surface area contributed by atoms with Crippen LogP contribution in [0.15, 0.2) is 0 Å². The van der Waals surface area contributed by atoms with Gasteiger partial charge >= 0.3 is 18.2 Å². The van der Waals surface area contributed by atoms with Crippen molar-refractivity contribution in [1.29, 1.82) is 0 Å². The number of hydrogen-bond acceptors (Lipinski definition) is 6. The van der Waals surface area contributed by atoms with E-state index in [1.165, 1.54) is 9.80 Å². The molecule has 32 heavy (non-hydrogen) atoms. The Kier molecular flexibility index (Phi) is 9.78. The van der Waals surface area contributed by atoms with Crippen molar-refractivity contribution in [3.63, 3.8) is 0 Å². The summed E-state index contributed by atoms with van der Waals surface area (Å²) in [5.41, 5.74) is 4.14. The lowest BCUT2D eigenvalue weighted by Crippen LogP contribution is -2.51. The summed E-state index contributed by atoms with van der Waals surface area (Å²) >= 11 is 0. The maximum atomic E-state index is 11.8. The number of nitrogens with two attached hydrogens (primary N) is 1. The Bertz CT molecular complexity index is 624. The van der Waals surface area contributed by atoms with Crippen LogP contribution in [0.3, 0.4) is 0 Å². The van der Waals surface area contributed by atoms with Crippen LogP contribution in [0.1, 0.15) is 80.1 Å². The average molecular weight is 458 g/mol. The van der Waals surface area contributed by atoms with E-state index in [0.29, 0.717) is 25.9 Å². The molecule has 2 aliphatic rings. The number of carbonyl (C=O) groups excluding carboxylic acids is 3. The molecule has 2 fully saturated rings. The molecule has 2 heterocycles. The number of nitrogens with zero attached hydrogens (tertiary/aromatic N) is 2. The van der Waals surface area contributed by atoms with Gasteiger partial charge in [0.15, 0.2) is 0 Å². The maximum Gasteiger partial charge on any atom is 0.411 e. The lowest BCUT2D eigenvalue weighted by Gasteiger charge is -2.34. The minimum absolute atomic E-state index is 0.448. The molecule has 184 valence electrons. The number of hydrogen-bond donors (Lipinski definition) is 2. The van der Waals surface area contributed by atoms with E-state index in [4.69, 9.17) is 20.3 Å². The monoisotopic (exact) mass is 457 g/mol. The van der Waals surface area contributed by atoms with Crippen LogP contribution >= 0.6 is 0 Å². The van der Waals surface area contributed by atoms with Crippen LogP contribution in [-0.2, 0) is 19.1 Å². The molecule has 2 aliphatic heterocycles. The molecule has 0 unspecified atom stereocenters. The Balaban J connectivity index is 0.000000320. The van der Waals surface area contributed by atoms with Crippen molar-refractivity contribution in [2.45, 2.75) is 103 Å². The molecule has 2 atom stereocenters. The van der Waals surface area contributed by atoms with Gasteiger partial charge in [0.2, 0.25) is 5.91 Å². The molecule has 0 aromatic rings. The molecule has 0 aromatic heterocycles. The smallest absolute Gasteiger partial charge is 0.411 e. The van der Waals surface area contributed by atoms with Crippen LogP contribution in [0.2, 0.25) is 0 Å². The van der Waals surface area contributed by atoms with E-state index in [1.54, 1.807) is 41.5 Å². The molecule has 2 rings (SSSR count). The Morgan fingerprint density at radius 1 is 0.750 bits per heavy atom. The lowest BCUT2D eigenvalue weighted by atomic mass is 10.0. The zero-order valence-corrected chi connectivity index (χ0v) is 20.2. The number of amides is 3. The molecular weight excluding hydrogens is 418 g/mol. The van der Waals surface area contributed by atoms with Crippen LogP contribution in [-0.4, -0.2) is 75.3 Å². The molecular formula is C22H39N3O7. The normalized spacial score (nSPS) is 21.7. The van der Waals surface area contributed by atoms with E-state index >= 15 is 0 Å². The van der Waals surface area contributed by atoms with Crippen molar-refractivity contribution in [3.05, 3.63) is 0 Å². The predicted octanol–water partition coefficient (Wildman–Crippen LogP) is 3.12. The van der Waals surface area contributed by atoms with Gasteiger partial charge < -0.3 is 20.3 Å². The highest BCUT2D eigenvalue weighted by Crippen LogP contribution is 2.21. The average Bonchev–Trinajstić information content (AvgIpc) is 2.65. The summed E-state index contributed by atoms with van der Waals surface area (Å²) < 4.78 is 10.4. The third-order valence-corrected chi connectivity index (χ3v) is 4.88. The molecule has 0 radical (unpaired) electrons. The van der Waals surface area contributed by atoms with Gasteiger partial charge in [-0.25, -0.2) is 14.4 Å². The summed E-state index contributed by atoms with van der Waals surface area (Å²) in [6.07, 6.45) is 3.66. The third kappa shape index (κ3) is 9.32. The first-order chi connectivity index (χ1) is 14.6. The highest BCUT2D eigenvalue weighted by Gasteiger charge is 2.35. The molecule has 10 heteroatoms. The Morgan fingerprint density at radius 2 is 1.12 bits per heavy atom. The Morgan fingerprint density at radius 3 is 1.47 bits per heavy atom. The van der Waals surface area contributed by atoms with Gasteiger partial charge in [0.05, 0.1) is 0 Å². The second-order valence-corrected chi connectivity index (χ2v) is 10.1. The van der Waals surface area contributed by atoms with E-state index in [0.717, 1.165) is 25.7 Å². The van der Waals surface area contributed by atoms with E-state index < -0.39 is 47.3 Å². The third-order valence-electron chi connectivity index (χ3n) is 4.88. The lowest BCUT2D eigenvalue weighted by molar-refractivity contribution is -0.144. The van der Waals surface area contributed by atoms with Crippen molar-refractivity contribution < 1.29 is 33.8 Å². The number of carbonyl (C=O) groups is 4. The van der Waals surface area contributed by atoms with Gasteiger partial charge in [-0.3, -0.25) is 14.6 Å². The summed E-state index contributed by atoms with van der Waals surface area (Å²) in [5, 5.41) is 9.01. The van der Waals surface area contributed by atoms with Crippen LogP contribution < -0.4 is 5.73 Å². The van der Waals surface area contributed by atoms with E-state index in [-0.39, 0.29) is 0 Å². The quantitative estimate of drug-likeness (QED) is 0.649. The van der Waals surface area contributed by atoms with Crippen molar-refractivity contribution in [1.82, 2.24) is 9.80 Å². The van der Waals surface area contributed by atoms with Gasteiger partial charge in [0, 0.05) is 13.1 Å². The van der Waals surface area contributed by atoms with Gasteiger partial charge in [0.25, 0.3) is 0 Å². The van der Waals surface area contributed by atoms with Gasteiger partial charge in [-0.1, -0.05) is 0 Å². The fraction of sp³-hybridized carbons (Fsp3) is 0.818. The topological polar surface area (TPSA) is 139 Å². The molecule has 3 N–H and O–H groups in total. The first kappa shape index (κ1) is 27.5. The molecule has 3 amide bonds. The second-order valence-electron chi connectivity index (χ2n) is 10.1. The van der Waals surface area contributed by atoms with E-state index in [9.17, 15) is 19.2 Å². The number of likely N-dealkylation sites (tertiary alicyclic amines) is 2. The maximum absolute atomic E-state index is 11.8. The molecule has 10 nitrogen and oxygen atoms in total. The van der Waals surface area contributed by atoms with Crippen molar-refractivity contribution in [2.75, 3.05) is 13.1 Å². The number of carboxylic acid groups (broad SMARTS) is 1. The van der Waals surface area contributed by atoms with Crippen LogP contribution in [0, 0.1) is 0 Å². The zero-order chi connectivity index (χ0) is 24.7. The summed E-state index contributed by atoms with van der Waals surface area (Å²) in [6.45, 7) is 11.7. The number of rotatable bonds is 2. The highest BCUT2D eigenvalue weighted by molar-refractivity contribution is 5.84. The number of carboxylic acids is 1. The van der Waals surface area contributed by atoms with Crippen molar-refractivity contribution >= 4 is 24.1 Å². The molecule has 2 saturated heterocycles. The summed E-state index contributed by atoms with van der Waals surface area (Å²) in [5.74, 6) is -1.41. The number of primary amides is 1. The number of piperidine rings is 2. The van der Waals surface area contributed by atoms with Crippen LogP contribution in [0.25, 0.3) is 0 Å². The first-order valence-electron chi connectivity index (χ1n) is 11.1. The van der Waals surface area contributed by atoms with Gasteiger partial charge in [-0.15, -0.1) is 0 Å². The van der Waals surface area contributed by atoms with E-state index in [2.05, 4.69) is 0 Å². The summed E-state index contributed by atoms with van der Waals surface area (Å²) in [7, 11) is 0. The van der Waals surface area contributed by atoms with Gasteiger partial charge in [0.1, 0.15) is 23.3 Å². The Labute approximate surface area is 190 Å². The second kappa shape index (κ2) is 11.4. The standard InChI is InChI=1S/C11H20N2O3.C11H19NO4/c1-11(2,3)16-10(15)13-7-5-4-6-8(13)9(12)14;1-11(2,3)16-10(15)12-7-5-4-6-8(12)9(13)14/h8H,4-7H2,1-3H3,(H2,12,14);8H,4-7H2,1-3H3,(H,13,14)/t2*8-/m11/s1. The largest absolute Gasteiger partial charge is 0.480 e. The number of aliphatic carboxylic acids is 1. The molecule has 0 aromatic carbocycles. The molecule has 0 aliphatic carbocycles. The highest BCUT2D eigenvalue weighted by atomic mass is 16.6. The summed E-state index contributed by atoms with van der Waals surface area (Å²) in [4.78, 5) is 48.5. The molecule has 0 spiro atoms. The van der Waals surface area contributed by atoms with Gasteiger partial charge in [-0.05, 0) is 80.1 Å². The molecule has 0 bridgehead atoms. The van der Waals surface area contributed by atoms with E-state index in [1.807, 2.05) is 0 Å². The van der Waals surface area contributed by atoms with Gasteiger partial charge in [-0.2, -0.15) is 0 Å². The fourth-order valence-electron chi connectivity index (χ4n) is 3.49. The number of ether oxygens (including phenoxy) is 2. The summed E-state index contributed by atoms with van der Waals surface area (Å²) in [6, 6.07) is -1.24. The predicted molar refractivity (Wildman–Crippen MR) is 118 cm³/mol. The van der Waals surface area contributed by atoms with Crippen LogP contribution in [0.5, 0.6) is 0 Å². The molecule has 0 saturated carbocycles. The van der Waals surface area contributed by atoms with Crippen LogP contribution in [0.4, 0.5) is 9.59 Å². The minimum Gasteiger partial charge on any atom is -0.480 e. The Hall–Kier alpha value is -2.52. The zero-order valence-electron chi connectivity index (χ0n) is 20.2.